The number of hydrogen-bond acceptors (Lipinski definition) is 6. The van der Waals surface area contributed by atoms with Gasteiger partial charge in [0.15, 0.2) is 0 Å². The van der Waals surface area contributed by atoms with Crippen molar-refractivity contribution in [3.05, 3.63) is 36.2 Å². The molecule has 0 saturated carbocycles. The third-order valence-corrected chi connectivity index (χ3v) is 4.77. The smallest absolute Gasteiger partial charge is 0.228 e. The summed E-state index contributed by atoms with van der Waals surface area (Å²) in [6.07, 6.45) is 7.04. The van der Waals surface area contributed by atoms with E-state index in [4.69, 9.17) is 4.74 Å². The van der Waals surface area contributed by atoms with Crippen LogP contribution in [0, 0.1) is 5.92 Å². The van der Waals surface area contributed by atoms with Gasteiger partial charge in [0.25, 0.3) is 0 Å². The zero-order valence-electron chi connectivity index (χ0n) is 14.1. The number of nitrogens with one attached hydrogen (secondary N) is 1. The molecule has 2 aliphatic rings. The summed E-state index contributed by atoms with van der Waals surface area (Å²) >= 11 is 0. The van der Waals surface area contributed by atoms with Crippen molar-refractivity contribution < 1.29 is 9.53 Å². The number of aryl methyl sites for hydroxylation is 1. The first-order valence-corrected chi connectivity index (χ1v) is 8.71. The van der Waals surface area contributed by atoms with Crippen LogP contribution >= 0.6 is 0 Å². The minimum absolute atomic E-state index is 0.00812. The number of imidazole rings is 1. The predicted molar refractivity (Wildman–Crippen MR) is 90.5 cm³/mol. The second-order valence-electron chi connectivity index (χ2n) is 6.43. The summed E-state index contributed by atoms with van der Waals surface area (Å²) in [6, 6.07) is 1.78. The summed E-state index contributed by atoms with van der Waals surface area (Å²) in [7, 11) is 0. The van der Waals surface area contributed by atoms with Gasteiger partial charge >= 0.3 is 0 Å². The van der Waals surface area contributed by atoms with E-state index in [1.165, 1.54) is 0 Å². The lowest BCUT2D eigenvalue weighted by molar-refractivity contribution is -0.136. The molecule has 1 saturated heterocycles. The van der Waals surface area contributed by atoms with Gasteiger partial charge in [-0.3, -0.25) is 4.79 Å². The van der Waals surface area contributed by atoms with Crippen LogP contribution in [0.5, 0.6) is 0 Å². The highest BCUT2D eigenvalue weighted by molar-refractivity contribution is 5.79. The molecule has 1 fully saturated rings. The molecule has 2 aromatic heterocycles. The van der Waals surface area contributed by atoms with Gasteiger partial charge in [0, 0.05) is 32.1 Å². The van der Waals surface area contributed by atoms with Crippen LogP contribution in [0.4, 0.5) is 5.95 Å². The molecule has 0 spiro atoms. The predicted octanol–water partition coefficient (Wildman–Crippen LogP) is 1.05. The molecule has 8 nitrogen and oxygen atoms in total. The van der Waals surface area contributed by atoms with Gasteiger partial charge in [0.05, 0.1) is 43.3 Å². The van der Waals surface area contributed by atoms with Gasteiger partial charge in [-0.2, -0.15) is 0 Å². The van der Waals surface area contributed by atoms with E-state index in [9.17, 15) is 4.79 Å². The van der Waals surface area contributed by atoms with Gasteiger partial charge in [0.2, 0.25) is 11.9 Å². The maximum absolute atomic E-state index is 12.8. The third-order valence-electron chi connectivity index (χ3n) is 4.77. The Morgan fingerprint density at radius 3 is 2.96 bits per heavy atom. The van der Waals surface area contributed by atoms with E-state index in [0.29, 0.717) is 32.3 Å². The maximum atomic E-state index is 12.8. The standard InChI is InChI=1S/C17H22N6O2/c24-16(13-3-8-25-11-13)22-6-2-7-23-12-21-14(15(23)10-22)9-20-17-18-4-1-5-19-17/h1,4-5,12-13H,2-3,6-11H2,(H,18,19,20)/t13-/m1/s1. The highest BCUT2D eigenvalue weighted by atomic mass is 16.5. The molecular formula is C17H22N6O2. The van der Waals surface area contributed by atoms with Gasteiger partial charge in [0.1, 0.15) is 0 Å². The zero-order chi connectivity index (χ0) is 17.1. The quantitative estimate of drug-likeness (QED) is 0.894. The average Bonchev–Trinajstić information content (AvgIpc) is 3.26. The van der Waals surface area contributed by atoms with Crippen LogP contribution in [0.15, 0.2) is 24.8 Å². The van der Waals surface area contributed by atoms with Gasteiger partial charge < -0.3 is 19.5 Å². The summed E-state index contributed by atoms with van der Waals surface area (Å²) in [5.74, 6) is 0.792. The Morgan fingerprint density at radius 2 is 2.16 bits per heavy atom. The van der Waals surface area contributed by atoms with E-state index < -0.39 is 0 Å². The number of rotatable bonds is 4. The average molecular weight is 342 g/mol. The Hall–Kier alpha value is -2.48. The van der Waals surface area contributed by atoms with Gasteiger partial charge in [-0.15, -0.1) is 0 Å². The summed E-state index contributed by atoms with van der Waals surface area (Å²) in [4.78, 5) is 27.6. The molecule has 0 bridgehead atoms. The molecule has 0 radical (unpaired) electrons. The van der Waals surface area contributed by atoms with Crippen molar-refractivity contribution in [2.45, 2.75) is 32.5 Å². The normalized spacial score (nSPS) is 20.2. The van der Waals surface area contributed by atoms with Crippen LogP contribution in [-0.2, 0) is 29.2 Å². The monoisotopic (exact) mass is 342 g/mol. The van der Waals surface area contributed by atoms with E-state index in [1.807, 2.05) is 11.2 Å². The Kier molecular flexibility index (Phi) is 4.60. The number of amides is 1. The highest BCUT2D eigenvalue weighted by Gasteiger charge is 2.30. The minimum atomic E-state index is 0.00812. The molecule has 2 aromatic rings. The fourth-order valence-corrected chi connectivity index (χ4v) is 3.39. The van der Waals surface area contributed by atoms with Crippen molar-refractivity contribution in [1.29, 1.82) is 0 Å². The van der Waals surface area contributed by atoms with Crippen LogP contribution < -0.4 is 5.32 Å². The second kappa shape index (κ2) is 7.18. The fourth-order valence-electron chi connectivity index (χ4n) is 3.39. The molecule has 132 valence electrons. The highest BCUT2D eigenvalue weighted by Crippen LogP contribution is 2.21. The van der Waals surface area contributed by atoms with E-state index in [0.717, 1.165) is 37.3 Å². The van der Waals surface area contributed by atoms with Gasteiger partial charge in [-0.1, -0.05) is 0 Å². The molecular weight excluding hydrogens is 320 g/mol. The van der Waals surface area contributed by atoms with E-state index in [-0.39, 0.29) is 11.8 Å². The van der Waals surface area contributed by atoms with Crippen LogP contribution in [0.3, 0.4) is 0 Å². The number of aromatic nitrogens is 4. The maximum Gasteiger partial charge on any atom is 0.228 e. The lowest BCUT2D eigenvalue weighted by Crippen LogP contribution is -2.36. The molecule has 0 unspecified atom stereocenters. The number of hydrogen-bond donors (Lipinski definition) is 1. The number of ether oxygens (including phenoxy) is 1. The minimum Gasteiger partial charge on any atom is -0.381 e. The first-order valence-electron chi connectivity index (χ1n) is 8.71. The Balaban J connectivity index is 1.48. The topological polar surface area (TPSA) is 85.2 Å². The molecule has 4 heterocycles. The van der Waals surface area contributed by atoms with E-state index in [2.05, 4.69) is 24.8 Å². The van der Waals surface area contributed by atoms with Crippen LogP contribution in [0.2, 0.25) is 0 Å². The SMILES string of the molecule is O=C([C@@H]1CCOC1)N1CCCn2cnc(CNc3ncccn3)c2C1. The first-order chi connectivity index (χ1) is 12.3. The lowest BCUT2D eigenvalue weighted by atomic mass is 10.1. The van der Waals surface area contributed by atoms with Crippen LogP contribution in [-0.4, -0.2) is 50.1 Å². The zero-order valence-corrected chi connectivity index (χ0v) is 14.1. The summed E-state index contributed by atoms with van der Waals surface area (Å²) in [5.41, 5.74) is 2.03. The van der Waals surface area contributed by atoms with Crippen LogP contribution in [0.1, 0.15) is 24.2 Å². The third kappa shape index (κ3) is 3.48. The number of nitrogens with zero attached hydrogens (tertiary/aromatic N) is 5. The van der Waals surface area contributed by atoms with Gasteiger partial charge in [-0.25, -0.2) is 15.0 Å². The number of carbonyl (C=O) groups excluding carboxylic acids is 1. The molecule has 8 heteroatoms. The fraction of sp³-hybridized carbons (Fsp3) is 0.529. The largest absolute Gasteiger partial charge is 0.381 e. The van der Waals surface area contributed by atoms with Crippen molar-refractivity contribution in [1.82, 2.24) is 24.4 Å². The molecule has 1 N–H and O–H groups in total. The number of carbonyl (C=O) groups is 1. The Bertz CT molecular complexity index is 726. The molecule has 0 aromatic carbocycles. The summed E-state index contributed by atoms with van der Waals surface area (Å²) in [6.45, 7) is 4.05. The second-order valence-corrected chi connectivity index (χ2v) is 6.43. The van der Waals surface area contributed by atoms with Crippen molar-refractivity contribution >= 4 is 11.9 Å². The first kappa shape index (κ1) is 16.0. The van der Waals surface area contributed by atoms with Crippen molar-refractivity contribution in [3.8, 4) is 0 Å². The summed E-state index contributed by atoms with van der Waals surface area (Å²) in [5, 5.41) is 3.20. The molecule has 2 aliphatic heterocycles. The molecule has 25 heavy (non-hydrogen) atoms. The molecule has 0 aliphatic carbocycles. The Labute approximate surface area is 146 Å². The number of anilines is 1. The van der Waals surface area contributed by atoms with E-state index >= 15 is 0 Å². The molecule has 4 rings (SSSR count). The van der Waals surface area contributed by atoms with E-state index in [1.54, 1.807) is 18.5 Å². The Morgan fingerprint density at radius 1 is 1.28 bits per heavy atom. The summed E-state index contributed by atoms with van der Waals surface area (Å²) < 4.78 is 7.53. The molecule has 1 amide bonds. The number of fused-ring (bicyclic) bond motifs is 1. The van der Waals surface area contributed by atoms with Crippen molar-refractivity contribution in [2.24, 2.45) is 5.92 Å². The van der Waals surface area contributed by atoms with Crippen molar-refractivity contribution in [3.63, 3.8) is 0 Å². The van der Waals surface area contributed by atoms with Gasteiger partial charge in [-0.05, 0) is 18.9 Å². The van der Waals surface area contributed by atoms with Crippen molar-refractivity contribution in [2.75, 3.05) is 25.1 Å². The van der Waals surface area contributed by atoms with Crippen LogP contribution in [0.25, 0.3) is 0 Å². The molecule has 1 atom stereocenters. The lowest BCUT2D eigenvalue weighted by Gasteiger charge is -2.23.